The van der Waals surface area contributed by atoms with Crippen molar-refractivity contribution in [2.75, 3.05) is 19.6 Å². The van der Waals surface area contributed by atoms with Crippen LogP contribution in [0, 0.1) is 0 Å². The predicted octanol–water partition coefficient (Wildman–Crippen LogP) is -0.602. The van der Waals surface area contributed by atoms with Gasteiger partial charge < -0.3 is 11.1 Å². The van der Waals surface area contributed by atoms with E-state index in [0.717, 1.165) is 13.0 Å². The Balaban J connectivity index is 1.76. The third-order valence-electron chi connectivity index (χ3n) is 3.64. The van der Waals surface area contributed by atoms with Crippen LogP contribution in [0.4, 0.5) is 4.79 Å². The molecule has 0 aromatic heterocycles. The average molecular weight is 240 g/mol. The Morgan fingerprint density at radius 3 is 2.82 bits per heavy atom. The van der Waals surface area contributed by atoms with Crippen LogP contribution in [0.5, 0.6) is 0 Å². The second-order valence-corrected chi connectivity index (χ2v) is 4.79. The lowest BCUT2D eigenvalue weighted by molar-refractivity contribution is -0.119. The third kappa shape index (κ3) is 3.17. The first-order chi connectivity index (χ1) is 8.16. The van der Waals surface area contributed by atoms with Gasteiger partial charge in [0, 0.05) is 18.6 Å². The number of nitrogens with zero attached hydrogens (tertiary/aromatic N) is 1. The van der Waals surface area contributed by atoms with E-state index in [9.17, 15) is 9.59 Å². The highest BCUT2D eigenvalue weighted by molar-refractivity contribution is 5.94. The van der Waals surface area contributed by atoms with Crippen molar-refractivity contribution in [3.8, 4) is 0 Å². The van der Waals surface area contributed by atoms with E-state index in [-0.39, 0.29) is 12.5 Å². The van der Waals surface area contributed by atoms with Gasteiger partial charge in [0.15, 0.2) is 0 Å². The number of nitrogens with one attached hydrogen (secondary N) is 2. The second kappa shape index (κ2) is 5.46. The molecule has 17 heavy (non-hydrogen) atoms. The van der Waals surface area contributed by atoms with Crippen LogP contribution in [0.25, 0.3) is 0 Å². The number of hydrogen-bond donors (Lipinski definition) is 3. The zero-order chi connectivity index (χ0) is 12.3. The number of carbonyl (C=O) groups is 2. The molecule has 6 heteroatoms. The molecule has 2 heterocycles. The summed E-state index contributed by atoms with van der Waals surface area (Å²) >= 11 is 0. The van der Waals surface area contributed by atoms with E-state index in [1.165, 1.54) is 25.8 Å². The molecule has 0 aromatic rings. The molecule has 4 N–H and O–H groups in total. The van der Waals surface area contributed by atoms with Crippen molar-refractivity contribution >= 4 is 11.9 Å². The highest BCUT2D eigenvalue weighted by atomic mass is 16.2. The van der Waals surface area contributed by atoms with Gasteiger partial charge in [-0.15, -0.1) is 0 Å². The minimum absolute atomic E-state index is 0.165. The first-order valence-corrected chi connectivity index (χ1v) is 6.23. The summed E-state index contributed by atoms with van der Waals surface area (Å²) in [6, 6.07) is 0.140. The lowest BCUT2D eigenvalue weighted by Gasteiger charge is -2.32. The van der Waals surface area contributed by atoms with Gasteiger partial charge in [-0.05, 0) is 25.8 Å². The van der Waals surface area contributed by atoms with Gasteiger partial charge in [0.05, 0.1) is 6.54 Å². The number of rotatable bonds is 3. The normalized spacial score (nSPS) is 28.7. The van der Waals surface area contributed by atoms with Gasteiger partial charge in [-0.2, -0.15) is 0 Å². The van der Waals surface area contributed by atoms with E-state index >= 15 is 0 Å². The Hall–Kier alpha value is -1.14. The molecule has 0 bridgehead atoms. The zero-order valence-electron chi connectivity index (χ0n) is 9.95. The van der Waals surface area contributed by atoms with Crippen LogP contribution in [-0.2, 0) is 4.79 Å². The zero-order valence-corrected chi connectivity index (χ0v) is 9.95. The smallest absolute Gasteiger partial charge is 0.318 e. The summed E-state index contributed by atoms with van der Waals surface area (Å²) in [7, 11) is 0. The Bertz CT molecular complexity index is 308. The molecule has 0 aromatic carbocycles. The van der Waals surface area contributed by atoms with Crippen molar-refractivity contribution in [2.24, 2.45) is 5.73 Å². The van der Waals surface area contributed by atoms with E-state index < -0.39 is 6.03 Å². The highest BCUT2D eigenvalue weighted by Gasteiger charge is 2.35. The number of primary amides is 1. The lowest BCUT2D eigenvalue weighted by Crippen LogP contribution is -2.48. The maximum absolute atomic E-state index is 11.3. The average Bonchev–Trinajstić information content (AvgIpc) is 2.69. The molecule has 0 aliphatic carbocycles. The van der Waals surface area contributed by atoms with Crippen molar-refractivity contribution < 1.29 is 9.59 Å². The molecular weight excluding hydrogens is 220 g/mol. The Morgan fingerprint density at radius 2 is 2.06 bits per heavy atom. The van der Waals surface area contributed by atoms with Crippen LogP contribution in [0.1, 0.15) is 25.7 Å². The standard InChI is InChI=1S/C11H20N4O2/c12-11(17)14-10(16)7-13-8-4-6-15-5-2-1-3-9(8)15/h8-9,13H,1-7H2,(H3,12,14,16,17). The fraction of sp³-hybridized carbons (Fsp3) is 0.818. The van der Waals surface area contributed by atoms with Crippen molar-refractivity contribution in [3.63, 3.8) is 0 Å². The summed E-state index contributed by atoms with van der Waals surface area (Å²) < 4.78 is 0. The molecule has 3 amide bonds. The molecule has 0 spiro atoms. The molecule has 0 radical (unpaired) electrons. The molecular formula is C11H20N4O2. The van der Waals surface area contributed by atoms with Crippen LogP contribution in [0.3, 0.4) is 0 Å². The van der Waals surface area contributed by atoms with Crippen molar-refractivity contribution in [1.29, 1.82) is 0 Å². The number of hydrogen-bond acceptors (Lipinski definition) is 4. The topological polar surface area (TPSA) is 87.5 Å². The number of carbonyl (C=O) groups excluding carboxylic acids is 2. The Labute approximate surface area is 101 Å². The van der Waals surface area contributed by atoms with Gasteiger partial charge >= 0.3 is 6.03 Å². The largest absolute Gasteiger partial charge is 0.351 e. The van der Waals surface area contributed by atoms with Crippen molar-refractivity contribution in [3.05, 3.63) is 0 Å². The molecule has 2 atom stereocenters. The number of fused-ring (bicyclic) bond motifs is 1. The molecule has 0 saturated carbocycles. The van der Waals surface area contributed by atoms with Crippen molar-refractivity contribution in [1.82, 2.24) is 15.5 Å². The van der Waals surface area contributed by atoms with E-state index in [1.807, 2.05) is 0 Å². The van der Waals surface area contributed by atoms with E-state index in [1.54, 1.807) is 0 Å². The van der Waals surface area contributed by atoms with Crippen molar-refractivity contribution in [2.45, 2.75) is 37.8 Å². The SMILES string of the molecule is NC(=O)NC(=O)CNC1CCN2CCCCC12. The summed E-state index contributed by atoms with van der Waals surface area (Å²) in [6.45, 7) is 2.45. The number of imide groups is 1. The molecule has 6 nitrogen and oxygen atoms in total. The Morgan fingerprint density at radius 1 is 1.24 bits per heavy atom. The summed E-state index contributed by atoms with van der Waals surface area (Å²) in [5.74, 6) is -0.355. The first kappa shape index (κ1) is 12.3. The van der Waals surface area contributed by atoms with E-state index in [2.05, 4.69) is 15.5 Å². The monoisotopic (exact) mass is 240 g/mol. The summed E-state index contributed by atoms with van der Waals surface area (Å²) in [5.41, 5.74) is 4.88. The number of piperidine rings is 1. The van der Waals surface area contributed by atoms with Gasteiger partial charge in [-0.1, -0.05) is 6.42 Å². The molecule has 2 unspecified atom stereocenters. The maximum atomic E-state index is 11.3. The molecule has 2 aliphatic heterocycles. The lowest BCUT2D eigenvalue weighted by atomic mass is 9.99. The minimum atomic E-state index is -0.789. The fourth-order valence-electron chi connectivity index (χ4n) is 2.89. The van der Waals surface area contributed by atoms with Gasteiger partial charge in [0.2, 0.25) is 5.91 Å². The van der Waals surface area contributed by atoms with Gasteiger partial charge in [0.25, 0.3) is 0 Å². The van der Waals surface area contributed by atoms with Crippen LogP contribution in [0.2, 0.25) is 0 Å². The Kier molecular flexibility index (Phi) is 3.96. The van der Waals surface area contributed by atoms with Crippen LogP contribution < -0.4 is 16.4 Å². The van der Waals surface area contributed by atoms with E-state index in [4.69, 9.17) is 5.73 Å². The van der Waals surface area contributed by atoms with E-state index in [0.29, 0.717) is 12.1 Å². The maximum Gasteiger partial charge on any atom is 0.318 e. The second-order valence-electron chi connectivity index (χ2n) is 4.79. The predicted molar refractivity (Wildman–Crippen MR) is 63.3 cm³/mol. The minimum Gasteiger partial charge on any atom is -0.351 e. The molecule has 2 aliphatic rings. The number of urea groups is 1. The summed E-state index contributed by atoms with van der Waals surface area (Å²) in [6.07, 6.45) is 4.84. The highest BCUT2D eigenvalue weighted by Crippen LogP contribution is 2.26. The quantitative estimate of drug-likeness (QED) is 0.614. The first-order valence-electron chi connectivity index (χ1n) is 6.23. The summed E-state index contributed by atoms with van der Waals surface area (Å²) in [4.78, 5) is 24.3. The van der Waals surface area contributed by atoms with Crippen LogP contribution >= 0.6 is 0 Å². The third-order valence-corrected chi connectivity index (χ3v) is 3.64. The van der Waals surface area contributed by atoms with Crippen LogP contribution in [-0.4, -0.2) is 48.6 Å². The fourth-order valence-corrected chi connectivity index (χ4v) is 2.89. The number of amides is 3. The summed E-state index contributed by atoms with van der Waals surface area (Å²) in [5, 5.41) is 5.29. The van der Waals surface area contributed by atoms with Gasteiger partial charge in [-0.3, -0.25) is 15.0 Å². The molecule has 2 fully saturated rings. The van der Waals surface area contributed by atoms with Gasteiger partial charge in [0.1, 0.15) is 0 Å². The number of nitrogens with two attached hydrogens (primary N) is 1. The van der Waals surface area contributed by atoms with Gasteiger partial charge in [-0.25, -0.2) is 4.79 Å². The molecule has 2 rings (SSSR count). The molecule has 96 valence electrons. The van der Waals surface area contributed by atoms with Crippen LogP contribution in [0.15, 0.2) is 0 Å². The molecule has 2 saturated heterocycles.